The molecule has 2 atom stereocenters. The van der Waals surface area contributed by atoms with Gasteiger partial charge in [0.1, 0.15) is 6.33 Å². The third-order valence-electron chi connectivity index (χ3n) is 4.11. The van der Waals surface area contributed by atoms with Crippen molar-refractivity contribution in [2.24, 2.45) is 11.8 Å². The lowest BCUT2D eigenvalue weighted by molar-refractivity contribution is -0.187. The minimum absolute atomic E-state index is 0.249. The number of aliphatic carboxylic acids is 1. The number of sulfonamides is 1. The fourth-order valence-corrected chi connectivity index (χ4v) is 4.24. The highest BCUT2D eigenvalue weighted by atomic mass is 32.2. The number of carboxylic acid groups (broad SMARTS) is 1. The summed E-state index contributed by atoms with van der Waals surface area (Å²) >= 11 is 0. The molecule has 1 N–H and O–H groups in total. The van der Waals surface area contributed by atoms with E-state index in [1.165, 1.54) is 35.3 Å². The molecule has 3 rings (SSSR count). The zero-order chi connectivity index (χ0) is 19.1. The molecule has 1 saturated heterocycles. The number of aromatic nitrogens is 4. The van der Waals surface area contributed by atoms with E-state index in [1.807, 2.05) is 0 Å². The van der Waals surface area contributed by atoms with Gasteiger partial charge in [-0.3, -0.25) is 4.79 Å². The number of carboxylic acids is 1. The smallest absolute Gasteiger partial charge is 0.393 e. The summed E-state index contributed by atoms with van der Waals surface area (Å²) in [6.07, 6.45) is -3.52. The van der Waals surface area contributed by atoms with E-state index in [1.54, 1.807) is 0 Å². The van der Waals surface area contributed by atoms with Crippen LogP contribution in [0.25, 0.3) is 5.69 Å². The van der Waals surface area contributed by atoms with Crippen LogP contribution in [0.15, 0.2) is 35.5 Å². The van der Waals surface area contributed by atoms with Gasteiger partial charge in [0.05, 0.1) is 22.4 Å². The fourth-order valence-electron chi connectivity index (χ4n) is 2.75. The molecule has 1 aliphatic heterocycles. The van der Waals surface area contributed by atoms with Gasteiger partial charge in [-0.25, -0.2) is 13.1 Å². The van der Waals surface area contributed by atoms with E-state index < -0.39 is 47.1 Å². The number of hydrogen-bond donors (Lipinski definition) is 1. The zero-order valence-electron chi connectivity index (χ0n) is 12.9. The molecule has 1 aromatic carbocycles. The van der Waals surface area contributed by atoms with Crippen LogP contribution in [0.5, 0.6) is 0 Å². The third-order valence-corrected chi connectivity index (χ3v) is 5.96. The number of nitrogens with zero attached hydrogens (tertiary/aromatic N) is 5. The lowest BCUT2D eigenvalue weighted by atomic mass is 9.96. The first-order valence-corrected chi connectivity index (χ1v) is 8.68. The normalized spacial score (nSPS) is 21.8. The van der Waals surface area contributed by atoms with Crippen molar-refractivity contribution in [1.29, 1.82) is 0 Å². The number of benzene rings is 1. The average Bonchev–Trinajstić information content (AvgIpc) is 3.24. The minimum Gasteiger partial charge on any atom is -0.481 e. The second-order valence-electron chi connectivity index (χ2n) is 5.66. The molecule has 9 nitrogen and oxygen atoms in total. The second kappa shape index (κ2) is 6.32. The Morgan fingerprint density at radius 3 is 2.31 bits per heavy atom. The van der Waals surface area contributed by atoms with Gasteiger partial charge in [0, 0.05) is 13.1 Å². The van der Waals surface area contributed by atoms with Crippen LogP contribution in [0.3, 0.4) is 0 Å². The van der Waals surface area contributed by atoms with Gasteiger partial charge in [0.25, 0.3) is 0 Å². The molecule has 2 heterocycles. The first-order chi connectivity index (χ1) is 12.1. The molecule has 140 valence electrons. The van der Waals surface area contributed by atoms with E-state index in [0.717, 1.165) is 0 Å². The van der Waals surface area contributed by atoms with Crippen LogP contribution < -0.4 is 0 Å². The molecule has 0 amide bonds. The lowest BCUT2D eigenvalue weighted by Gasteiger charge is -2.18. The Kier molecular flexibility index (Phi) is 4.44. The van der Waals surface area contributed by atoms with E-state index in [2.05, 4.69) is 15.5 Å². The molecule has 0 bridgehead atoms. The van der Waals surface area contributed by atoms with Crippen molar-refractivity contribution < 1.29 is 31.5 Å². The topological polar surface area (TPSA) is 118 Å². The Morgan fingerprint density at radius 2 is 1.85 bits per heavy atom. The molecule has 2 aromatic rings. The first-order valence-electron chi connectivity index (χ1n) is 7.24. The van der Waals surface area contributed by atoms with Crippen LogP contribution in [0.1, 0.15) is 0 Å². The summed E-state index contributed by atoms with van der Waals surface area (Å²) in [5, 5.41) is 19.5. The molecule has 0 saturated carbocycles. The molecule has 26 heavy (non-hydrogen) atoms. The first kappa shape index (κ1) is 18.3. The predicted octanol–water partition coefficient (Wildman–Crippen LogP) is 0.546. The summed E-state index contributed by atoms with van der Waals surface area (Å²) in [5.41, 5.74) is 0.451. The van der Waals surface area contributed by atoms with Crippen molar-refractivity contribution in [2.75, 3.05) is 13.1 Å². The summed E-state index contributed by atoms with van der Waals surface area (Å²) in [5.74, 6) is -5.78. The number of hydrogen-bond acceptors (Lipinski definition) is 6. The number of alkyl halides is 3. The number of rotatable bonds is 4. The van der Waals surface area contributed by atoms with E-state index in [0.29, 0.717) is 9.99 Å². The predicted molar refractivity (Wildman–Crippen MR) is 78.6 cm³/mol. The Balaban J connectivity index is 1.87. The molecule has 1 aromatic heterocycles. The van der Waals surface area contributed by atoms with E-state index >= 15 is 0 Å². The largest absolute Gasteiger partial charge is 0.481 e. The third kappa shape index (κ3) is 3.26. The van der Waals surface area contributed by atoms with Gasteiger partial charge >= 0.3 is 12.1 Å². The Bertz CT molecular complexity index is 899. The molecule has 1 aliphatic rings. The highest BCUT2D eigenvalue weighted by Crippen LogP contribution is 2.39. The van der Waals surface area contributed by atoms with Crippen LogP contribution in [0, 0.1) is 11.8 Å². The molecular weight excluding hydrogens is 379 g/mol. The maximum absolute atomic E-state index is 13.0. The van der Waals surface area contributed by atoms with Gasteiger partial charge < -0.3 is 5.11 Å². The molecule has 13 heteroatoms. The van der Waals surface area contributed by atoms with Gasteiger partial charge in [-0.1, -0.05) is 0 Å². The number of halogens is 3. The lowest BCUT2D eigenvalue weighted by Crippen LogP contribution is -2.34. The van der Waals surface area contributed by atoms with Gasteiger partial charge in [-0.05, 0) is 34.7 Å². The summed E-state index contributed by atoms with van der Waals surface area (Å²) in [6.45, 7) is -1.67. The Hall–Kier alpha value is -2.54. The van der Waals surface area contributed by atoms with Crippen molar-refractivity contribution in [3.8, 4) is 5.69 Å². The Morgan fingerprint density at radius 1 is 1.19 bits per heavy atom. The Labute approximate surface area is 145 Å². The monoisotopic (exact) mass is 391 g/mol. The molecule has 0 spiro atoms. The highest BCUT2D eigenvalue weighted by molar-refractivity contribution is 7.89. The fraction of sp³-hybridized carbons (Fsp3) is 0.385. The second-order valence-corrected chi connectivity index (χ2v) is 7.60. The molecular formula is C13H12F3N5O4S. The highest BCUT2D eigenvalue weighted by Gasteiger charge is 2.54. The van der Waals surface area contributed by atoms with E-state index in [-0.39, 0.29) is 4.90 Å². The summed E-state index contributed by atoms with van der Waals surface area (Å²) in [6, 6.07) is 5.16. The summed E-state index contributed by atoms with van der Waals surface area (Å²) < 4.78 is 66.1. The summed E-state index contributed by atoms with van der Waals surface area (Å²) in [4.78, 5) is 10.9. The number of carbonyl (C=O) groups is 1. The number of tetrazole rings is 1. The van der Waals surface area contributed by atoms with E-state index in [9.17, 15) is 26.4 Å². The maximum Gasteiger partial charge on any atom is 0.393 e. The van der Waals surface area contributed by atoms with Crippen LogP contribution >= 0.6 is 0 Å². The van der Waals surface area contributed by atoms with Crippen molar-refractivity contribution in [3.63, 3.8) is 0 Å². The SMILES string of the molecule is O=C(O)[C@@H]1CN(S(=O)(=O)c2ccc(-n3cnnn3)cc2)C[C@H]1C(F)(F)F. The van der Waals surface area contributed by atoms with E-state index in [4.69, 9.17) is 5.11 Å². The van der Waals surface area contributed by atoms with Gasteiger partial charge in [-0.15, -0.1) is 5.10 Å². The van der Waals surface area contributed by atoms with Crippen molar-refractivity contribution in [2.45, 2.75) is 11.1 Å². The summed E-state index contributed by atoms with van der Waals surface area (Å²) in [7, 11) is -4.27. The molecule has 0 unspecified atom stereocenters. The van der Waals surface area contributed by atoms with Crippen molar-refractivity contribution >= 4 is 16.0 Å². The molecule has 0 aliphatic carbocycles. The maximum atomic E-state index is 13.0. The van der Waals surface area contributed by atoms with Crippen LogP contribution in [-0.4, -0.2) is 63.3 Å². The van der Waals surface area contributed by atoms with Crippen molar-refractivity contribution in [3.05, 3.63) is 30.6 Å². The zero-order valence-corrected chi connectivity index (χ0v) is 13.7. The molecule has 1 fully saturated rings. The molecule has 0 radical (unpaired) electrons. The average molecular weight is 391 g/mol. The quantitative estimate of drug-likeness (QED) is 0.808. The van der Waals surface area contributed by atoms with Gasteiger partial charge in [0.2, 0.25) is 10.0 Å². The minimum atomic E-state index is -4.81. The standard InChI is InChI=1S/C13H12F3N5O4S/c14-13(15,16)11-6-20(5-10(11)12(22)23)26(24,25)9-3-1-8(2-4-9)21-7-17-18-19-21/h1-4,7,10-11H,5-6H2,(H,22,23)/t10-,11-/m1/s1. The van der Waals surface area contributed by atoms with Crippen LogP contribution in [0.2, 0.25) is 0 Å². The van der Waals surface area contributed by atoms with Gasteiger partial charge in [0.15, 0.2) is 0 Å². The van der Waals surface area contributed by atoms with Gasteiger partial charge in [-0.2, -0.15) is 17.5 Å². The van der Waals surface area contributed by atoms with Crippen LogP contribution in [-0.2, 0) is 14.8 Å². The van der Waals surface area contributed by atoms with Crippen LogP contribution in [0.4, 0.5) is 13.2 Å². The van der Waals surface area contributed by atoms with Crippen molar-refractivity contribution in [1.82, 2.24) is 24.5 Å².